The second-order valence-electron chi connectivity index (χ2n) is 7.26. The molecule has 0 radical (unpaired) electrons. The maximum absolute atomic E-state index is 13.2. The van der Waals surface area contributed by atoms with Crippen LogP contribution in [0.5, 0.6) is 0 Å². The molecule has 28 heavy (non-hydrogen) atoms. The highest BCUT2D eigenvalue weighted by Crippen LogP contribution is 2.19. The first-order chi connectivity index (χ1) is 13.6. The van der Waals surface area contributed by atoms with Crippen LogP contribution in [0.1, 0.15) is 33.5 Å². The fourth-order valence-corrected chi connectivity index (χ4v) is 4.42. The normalized spacial score (nSPS) is 15.9. The molecule has 0 aromatic carbocycles. The van der Waals surface area contributed by atoms with Gasteiger partial charge in [0, 0.05) is 36.8 Å². The van der Waals surface area contributed by atoms with Crippen LogP contribution in [0.15, 0.2) is 35.8 Å². The summed E-state index contributed by atoms with van der Waals surface area (Å²) < 4.78 is 7.44. The second kappa shape index (κ2) is 8.43. The molecule has 0 unspecified atom stereocenters. The Morgan fingerprint density at radius 3 is 2.89 bits per heavy atom. The molecule has 0 bridgehead atoms. The van der Waals surface area contributed by atoms with Gasteiger partial charge in [-0.05, 0) is 43.3 Å². The number of rotatable bonds is 6. The van der Waals surface area contributed by atoms with Crippen molar-refractivity contribution >= 4 is 22.9 Å². The van der Waals surface area contributed by atoms with E-state index in [4.69, 9.17) is 9.72 Å². The molecule has 4 heterocycles. The highest BCUT2D eigenvalue weighted by atomic mass is 32.1. The van der Waals surface area contributed by atoms with Crippen molar-refractivity contribution < 1.29 is 9.53 Å². The summed E-state index contributed by atoms with van der Waals surface area (Å²) in [4.78, 5) is 21.1. The molecule has 1 fully saturated rings. The fourth-order valence-electron chi connectivity index (χ4n) is 3.58. The third kappa shape index (κ3) is 3.97. The average Bonchev–Trinajstić information content (AvgIpc) is 3.35. The van der Waals surface area contributed by atoms with Gasteiger partial charge in [-0.1, -0.05) is 12.1 Å². The van der Waals surface area contributed by atoms with Crippen molar-refractivity contribution in [3.63, 3.8) is 0 Å². The van der Waals surface area contributed by atoms with Gasteiger partial charge in [-0.25, -0.2) is 4.98 Å². The van der Waals surface area contributed by atoms with E-state index in [2.05, 4.69) is 29.8 Å². The third-order valence-electron chi connectivity index (χ3n) is 5.15. The molecule has 1 N–H and O–H groups in total. The number of aromatic nitrogens is 2. The molecule has 148 valence electrons. The van der Waals surface area contributed by atoms with Crippen molar-refractivity contribution in [1.29, 1.82) is 0 Å². The number of ether oxygens (including phenoxy) is 1. The summed E-state index contributed by atoms with van der Waals surface area (Å²) in [6.45, 7) is 7.22. The van der Waals surface area contributed by atoms with Gasteiger partial charge >= 0.3 is 0 Å². The maximum atomic E-state index is 13.2. The minimum atomic E-state index is -0.00545. The largest absolute Gasteiger partial charge is 0.378 e. The van der Waals surface area contributed by atoms with Gasteiger partial charge < -0.3 is 19.4 Å². The number of nitrogens with zero attached hydrogens (tertiary/aromatic N) is 3. The van der Waals surface area contributed by atoms with Gasteiger partial charge in [0.2, 0.25) is 0 Å². The summed E-state index contributed by atoms with van der Waals surface area (Å²) in [5.74, 6) is -0.00545. The number of amides is 1. The van der Waals surface area contributed by atoms with Gasteiger partial charge in [0.1, 0.15) is 5.65 Å². The first-order valence-electron chi connectivity index (χ1n) is 9.73. The van der Waals surface area contributed by atoms with Gasteiger partial charge in [-0.2, -0.15) is 0 Å². The molecular weight excluding hydrogens is 372 g/mol. The molecule has 7 heteroatoms. The molecule has 1 amide bonds. The van der Waals surface area contributed by atoms with E-state index in [1.165, 1.54) is 4.88 Å². The van der Waals surface area contributed by atoms with Gasteiger partial charge in [0.15, 0.2) is 5.69 Å². The molecule has 1 atom stereocenters. The van der Waals surface area contributed by atoms with E-state index in [1.807, 2.05) is 34.6 Å². The van der Waals surface area contributed by atoms with E-state index in [1.54, 1.807) is 11.3 Å². The van der Waals surface area contributed by atoms with Crippen LogP contribution in [-0.4, -0.2) is 52.5 Å². The molecule has 1 saturated heterocycles. The first kappa shape index (κ1) is 19.1. The van der Waals surface area contributed by atoms with E-state index in [0.717, 1.165) is 23.3 Å². The van der Waals surface area contributed by atoms with Crippen molar-refractivity contribution in [2.45, 2.75) is 32.9 Å². The highest BCUT2D eigenvalue weighted by Gasteiger charge is 2.26. The van der Waals surface area contributed by atoms with Gasteiger partial charge in [-0.15, -0.1) is 11.3 Å². The Morgan fingerprint density at radius 1 is 1.32 bits per heavy atom. The number of fused-ring (bicyclic) bond motifs is 1. The Balaban J connectivity index is 1.59. The van der Waals surface area contributed by atoms with E-state index in [-0.39, 0.29) is 5.91 Å². The van der Waals surface area contributed by atoms with E-state index in [9.17, 15) is 4.79 Å². The Hall–Kier alpha value is -2.22. The number of thiophene rings is 1. The number of pyridine rings is 1. The minimum absolute atomic E-state index is 0.00545. The summed E-state index contributed by atoms with van der Waals surface area (Å²) in [6, 6.07) is 8.58. The smallest absolute Gasteiger partial charge is 0.274 e. The van der Waals surface area contributed by atoms with Crippen molar-refractivity contribution in [1.82, 2.24) is 19.6 Å². The number of aryl methyl sites for hydroxylation is 1. The molecule has 1 aliphatic heterocycles. The maximum Gasteiger partial charge on any atom is 0.274 e. The number of hydrogen-bond acceptors (Lipinski definition) is 5. The number of carbonyl (C=O) groups is 1. The van der Waals surface area contributed by atoms with Crippen LogP contribution in [-0.2, 0) is 17.7 Å². The zero-order valence-electron chi connectivity index (χ0n) is 16.4. The lowest BCUT2D eigenvalue weighted by molar-refractivity contribution is 0.0298. The van der Waals surface area contributed by atoms with Gasteiger partial charge in [-0.3, -0.25) is 4.79 Å². The zero-order chi connectivity index (χ0) is 19.5. The van der Waals surface area contributed by atoms with Crippen molar-refractivity contribution in [3.8, 4) is 0 Å². The summed E-state index contributed by atoms with van der Waals surface area (Å²) in [5.41, 5.74) is 3.39. The zero-order valence-corrected chi connectivity index (χ0v) is 17.2. The van der Waals surface area contributed by atoms with Crippen LogP contribution in [0, 0.1) is 6.92 Å². The lowest BCUT2D eigenvalue weighted by atomic mass is 10.2. The summed E-state index contributed by atoms with van der Waals surface area (Å²) in [6.07, 6.45) is 2.96. The molecule has 3 aromatic rings. The topological polar surface area (TPSA) is 58.9 Å². The molecular formula is C21H26N4O2S. The van der Waals surface area contributed by atoms with Crippen molar-refractivity contribution in [3.05, 3.63) is 57.7 Å². The summed E-state index contributed by atoms with van der Waals surface area (Å²) in [5, 5.41) is 5.69. The predicted molar refractivity (Wildman–Crippen MR) is 111 cm³/mol. The van der Waals surface area contributed by atoms with E-state index >= 15 is 0 Å². The average molecular weight is 399 g/mol. The lowest BCUT2D eigenvalue weighted by Gasteiger charge is -2.26. The van der Waals surface area contributed by atoms with Crippen LogP contribution < -0.4 is 5.32 Å². The fraction of sp³-hybridized carbons (Fsp3) is 0.429. The molecule has 6 nitrogen and oxygen atoms in total. The molecule has 0 saturated carbocycles. The molecule has 3 aromatic heterocycles. The predicted octanol–water partition coefficient (Wildman–Crippen LogP) is 2.90. The lowest BCUT2D eigenvalue weighted by Crippen LogP contribution is -2.41. The quantitative estimate of drug-likeness (QED) is 0.694. The van der Waals surface area contributed by atoms with Crippen LogP contribution in [0.4, 0.5) is 0 Å². The van der Waals surface area contributed by atoms with Crippen LogP contribution in [0.3, 0.4) is 0 Å². The second-order valence-corrected chi connectivity index (χ2v) is 8.29. The number of nitrogens with one attached hydrogen (secondary N) is 1. The van der Waals surface area contributed by atoms with Crippen LogP contribution in [0.2, 0.25) is 0 Å². The summed E-state index contributed by atoms with van der Waals surface area (Å²) in [7, 11) is 0. The van der Waals surface area contributed by atoms with Gasteiger partial charge in [0.25, 0.3) is 5.91 Å². The third-order valence-corrected chi connectivity index (χ3v) is 6.05. The van der Waals surface area contributed by atoms with Crippen LogP contribution in [0.25, 0.3) is 5.65 Å². The molecule has 4 rings (SSSR count). The Morgan fingerprint density at radius 2 is 2.14 bits per heavy atom. The number of morpholine rings is 1. The van der Waals surface area contributed by atoms with Gasteiger partial charge in [0.05, 0.1) is 18.9 Å². The van der Waals surface area contributed by atoms with E-state index in [0.29, 0.717) is 44.6 Å². The SMILES string of the molecule is Cc1cccn2c(CN[C@@H](C)Cc3cccs3)c(C(=O)N3CCOCC3)nc12. The monoisotopic (exact) mass is 398 g/mol. The number of carbonyl (C=O) groups excluding carboxylic acids is 1. The highest BCUT2D eigenvalue weighted by molar-refractivity contribution is 7.09. The van der Waals surface area contributed by atoms with Crippen molar-refractivity contribution in [2.24, 2.45) is 0 Å². The molecule has 0 spiro atoms. The van der Waals surface area contributed by atoms with Crippen LogP contribution >= 0.6 is 11.3 Å². The van der Waals surface area contributed by atoms with Crippen molar-refractivity contribution in [2.75, 3.05) is 26.3 Å². The molecule has 1 aliphatic rings. The molecule has 0 aliphatic carbocycles. The Kier molecular flexibility index (Phi) is 5.75. The number of hydrogen-bond donors (Lipinski definition) is 1. The Bertz CT molecular complexity index is 945. The Labute approximate surface area is 169 Å². The van der Waals surface area contributed by atoms with E-state index < -0.39 is 0 Å². The summed E-state index contributed by atoms with van der Waals surface area (Å²) >= 11 is 1.78. The standard InChI is InChI=1S/C21H26N4O2S/c1-15-5-3-7-25-18(14-22-16(2)13-17-6-4-12-28-17)19(23-20(15)25)21(26)24-8-10-27-11-9-24/h3-7,12,16,22H,8-11,13-14H2,1-2H3/t16-/m0/s1. The number of imidazole rings is 1. The first-order valence-corrected chi connectivity index (χ1v) is 10.6. The minimum Gasteiger partial charge on any atom is -0.378 e.